The molecule has 0 bridgehead atoms. The van der Waals surface area contributed by atoms with Crippen molar-refractivity contribution < 1.29 is 14.3 Å². The number of ether oxygens (including phenoxy) is 1. The van der Waals surface area contributed by atoms with Gasteiger partial charge >= 0.3 is 6.03 Å². The van der Waals surface area contributed by atoms with Crippen LogP contribution in [0.1, 0.15) is 24.2 Å². The van der Waals surface area contributed by atoms with Gasteiger partial charge in [-0.2, -0.15) is 0 Å². The summed E-state index contributed by atoms with van der Waals surface area (Å²) in [6, 6.07) is -0.499. The van der Waals surface area contributed by atoms with Crippen molar-refractivity contribution in [3.63, 3.8) is 0 Å². The second-order valence-corrected chi connectivity index (χ2v) is 6.17. The summed E-state index contributed by atoms with van der Waals surface area (Å²) in [7, 11) is 1.47. The number of hydrogen-bond donors (Lipinski definition) is 2. The number of carbonyl (C=O) groups is 2. The third-order valence-corrected chi connectivity index (χ3v) is 4.62. The minimum Gasteiger partial charge on any atom is -0.376 e. The van der Waals surface area contributed by atoms with Gasteiger partial charge in [0.25, 0.3) is 0 Å². The highest BCUT2D eigenvalue weighted by molar-refractivity contribution is 7.99. The zero-order valence-corrected chi connectivity index (χ0v) is 14.0. The molecule has 1 atom stereocenters. The lowest BCUT2D eigenvalue weighted by Crippen LogP contribution is -2.38. The number of imidazole rings is 1. The zero-order chi connectivity index (χ0) is 16.1. The third kappa shape index (κ3) is 4.23. The Bertz CT molecular complexity index is 553. The number of amides is 3. The van der Waals surface area contributed by atoms with E-state index in [0.29, 0.717) is 0 Å². The quantitative estimate of drug-likeness (QED) is 0.795. The van der Waals surface area contributed by atoms with Crippen molar-refractivity contribution >= 4 is 23.7 Å². The van der Waals surface area contributed by atoms with Gasteiger partial charge in [-0.25, -0.2) is 9.78 Å². The molecule has 1 aromatic heterocycles. The number of aromatic nitrogens is 2. The maximum Gasteiger partial charge on any atom is 0.321 e. The summed E-state index contributed by atoms with van der Waals surface area (Å²) in [5.41, 5.74) is 2.04. The summed E-state index contributed by atoms with van der Waals surface area (Å²) in [5, 5.41) is 5.38. The summed E-state index contributed by atoms with van der Waals surface area (Å²) < 4.78 is 7.78. The maximum atomic E-state index is 11.7. The molecule has 22 heavy (non-hydrogen) atoms. The van der Waals surface area contributed by atoms with Gasteiger partial charge in [-0.05, 0) is 26.7 Å². The molecule has 0 radical (unpaired) electrons. The molecular weight excluding hydrogens is 304 g/mol. The molecule has 0 saturated carbocycles. The van der Waals surface area contributed by atoms with Crippen molar-refractivity contribution in [1.82, 2.24) is 20.2 Å². The van der Waals surface area contributed by atoms with Crippen LogP contribution in [-0.4, -0.2) is 47.0 Å². The average molecular weight is 326 g/mol. The maximum absolute atomic E-state index is 11.7. The Morgan fingerprint density at radius 3 is 2.86 bits per heavy atom. The molecule has 8 heteroatoms. The van der Waals surface area contributed by atoms with Crippen LogP contribution in [0.3, 0.4) is 0 Å². The van der Waals surface area contributed by atoms with Crippen LogP contribution in [0, 0.1) is 13.8 Å². The first kappa shape index (κ1) is 16.8. The minimum absolute atomic E-state index is 0.148. The molecule has 1 unspecified atom stereocenters. The van der Waals surface area contributed by atoms with E-state index in [-0.39, 0.29) is 17.8 Å². The average Bonchev–Trinajstić information content (AvgIpc) is 3.09. The summed E-state index contributed by atoms with van der Waals surface area (Å²) in [4.78, 5) is 27.3. The standard InChI is InChI=1S/C14H22N4O3S/c1-9-10(2)18(7-11-5-4-6-21-11)14(16-9)22-8-12(19)17-13(20)15-3/h11H,4-8H2,1-3H3,(H2,15,17,19,20). The highest BCUT2D eigenvalue weighted by Gasteiger charge is 2.20. The van der Waals surface area contributed by atoms with Crippen LogP contribution < -0.4 is 10.6 Å². The number of thioether (sulfide) groups is 1. The highest BCUT2D eigenvalue weighted by Crippen LogP contribution is 2.24. The van der Waals surface area contributed by atoms with E-state index in [1.54, 1.807) is 0 Å². The molecule has 0 aliphatic carbocycles. The molecule has 1 aliphatic heterocycles. The molecule has 0 spiro atoms. The number of urea groups is 1. The Morgan fingerprint density at radius 2 is 2.23 bits per heavy atom. The predicted octanol–water partition coefficient (Wildman–Crippen LogP) is 1.23. The fourth-order valence-corrected chi connectivity index (χ4v) is 3.20. The van der Waals surface area contributed by atoms with Gasteiger partial charge in [0.1, 0.15) is 0 Å². The molecule has 122 valence electrons. The van der Waals surface area contributed by atoms with Crippen LogP contribution >= 0.6 is 11.8 Å². The second-order valence-electron chi connectivity index (χ2n) is 5.23. The Balaban J connectivity index is 1.99. The van der Waals surface area contributed by atoms with E-state index in [9.17, 15) is 9.59 Å². The van der Waals surface area contributed by atoms with Gasteiger partial charge in [-0.15, -0.1) is 0 Å². The van der Waals surface area contributed by atoms with Crippen LogP contribution in [0.2, 0.25) is 0 Å². The van der Waals surface area contributed by atoms with Crippen LogP contribution in [-0.2, 0) is 16.1 Å². The van der Waals surface area contributed by atoms with Crippen molar-refractivity contribution in [2.45, 2.75) is 44.5 Å². The van der Waals surface area contributed by atoms with Gasteiger partial charge in [0.2, 0.25) is 5.91 Å². The first-order valence-electron chi connectivity index (χ1n) is 7.31. The number of imide groups is 1. The molecule has 2 N–H and O–H groups in total. The van der Waals surface area contributed by atoms with Gasteiger partial charge in [0, 0.05) is 19.3 Å². The van der Waals surface area contributed by atoms with Gasteiger partial charge in [-0.3, -0.25) is 10.1 Å². The Kier molecular flexibility index (Phi) is 5.84. The number of hydrogen-bond acceptors (Lipinski definition) is 5. The Labute approximate surface area is 134 Å². The van der Waals surface area contributed by atoms with Crippen molar-refractivity contribution in [1.29, 1.82) is 0 Å². The molecule has 1 aromatic rings. The second kappa shape index (κ2) is 7.64. The topological polar surface area (TPSA) is 85.3 Å². The number of nitrogens with zero attached hydrogens (tertiary/aromatic N) is 2. The Hall–Kier alpha value is -1.54. The molecule has 3 amide bonds. The van der Waals surface area contributed by atoms with Crippen molar-refractivity contribution in [3.8, 4) is 0 Å². The first-order valence-corrected chi connectivity index (χ1v) is 8.29. The van der Waals surface area contributed by atoms with E-state index in [1.165, 1.54) is 18.8 Å². The van der Waals surface area contributed by atoms with Crippen LogP contribution in [0.15, 0.2) is 5.16 Å². The summed E-state index contributed by atoms with van der Waals surface area (Å²) in [6.45, 7) is 5.54. The lowest BCUT2D eigenvalue weighted by molar-refractivity contribution is -0.117. The van der Waals surface area contributed by atoms with Gasteiger partial charge < -0.3 is 14.6 Å². The smallest absolute Gasteiger partial charge is 0.321 e. The van der Waals surface area contributed by atoms with Crippen LogP contribution in [0.5, 0.6) is 0 Å². The summed E-state index contributed by atoms with van der Waals surface area (Å²) >= 11 is 1.33. The molecule has 2 rings (SSSR count). The first-order chi connectivity index (χ1) is 10.5. The molecular formula is C14H22N4O3S. The number of nitrogens with one attached hydrogen (secondary N) is 2. The van der Waals surface area contributed by atoms with E-state index in [2.05, 4.69) is 20.2 Å². The lowest BCUT2D eigenvalue weighted by Gasteiger charge is -2.14. The molecule has 7 nitrogen and oxygen atoms in total. The van der Waals surface area contributed by atoms with Crippen molar-refractivity contribution in [2.75, 3.05) is 19.4 Å². The highest BCUT2D eigenvalue weighted by atomic mass is 32.2. The predicted molar refractivity (Wildman–Crippen MR) is 84.0 cm³/mol. The number of rotatable bonds is 5. The van der Waals surface area contributed by atoms with Crippen molar-refractivity contribution in [3.05, 3.63) is 11.4 Å². The number of carbonyl (C=O) groups excluding carboxylic acids is 2. The van der Waals surface area contributed by atoms with Crippen molar-refractivity contribution in [2.24, 2.45) is 0 Å². The molecule has 1 aliphatic rings. The van der Waals surface area contributed by atoms with Gasteiger partial charge in [0.05, 0.1) is 24.1 Å². The van der Waals surface area contributed by atoms with Gasteiger partial charge in [-0.1, -0.05) is 11.8 Å². The zero-order valence-electron chi connectivity index (χ0n) is 13.1. The molecule has 1 saturated heterocycles. The lowest BCUT2D eigenvalue weighted by atomic mass is 10.2. The summed E-state index contributed by atoms with van der Waals surface area (Å²) in [6.07, 6.45) is 2.36. The fourth-order valence-electron chi connectivity index (χ4n) is 2.30. The normalized spacial score (nSPS) is 17.5. The summed E-state index contributed by atoms with van der Waals surface area (Å²) in [5.74, 6) is -0.194. The molecule has 0 aromatic carbocycles. The van der Waals surface area contributed by atoms with E-state index in [1.807, 2.05) is 13.8 Å². The third-order valence-electron chi connectivity index (χ3n) is 3.65. The Morgan fingerprint density at radius 1 is 1.45 bits per heavy atom. The SMILES string of the molecule is CNC(=O)NC(=O)CSc1nc(C)c(C)n1CC1CCCO1. The minimum atomic E-state index is -0.499. The fraction of sp³-hybridized carbons (Fsp3) is 0.643. The molecule has 2 heterocycles. The van der Waals surface area contributed by atoms with E-state index >= 15 is 0 Å². The molecule has 1 fully saturated rings. The van der Waals surface area contributed by atoms with Crippen LogP contribution in [0.4, 0.5) is 4.79 Å². The van der Waals surface area contributed by atoms with E-state index in [4.69, 9.17) is 4.74 Å². The van der Waals surface area contributed by atoms with E-state index < -0.39 is 6.03 Å². The largest absolute Gasteiger partial charge is 0.376 e. The van der Waals surface area contributed by atoms with Gasteiger partial charge in [0.15, 0.2) is 5.16 Å². The monoisotopic (exact) mass is 326 g/mol. The number of aryl methyl sites for hydroxylation is 1. The van der Waals surface area contributed by atoms with E-state index in [0.717, 1.165) is 42.5 Å². The van der Waals surface area contributed by atoms with Crippen LogP contribution in [0.25, 0.3) is 0 Å².